The molecule has 28 heavy (non-hydrogen) atoms. The van der Waals surface area contributed by atoms with Crippen molar-refractivity contribution < 1.29 is 8.95 Å². The average Bonchev–Trinajstić information content (AvgIpc) is 3.46. The highest BCUT2D eigenvalue weighted by Crippen LogP contribution is 2.33. The Kier molecular flexibility index (Phi) is 5.28. The van der Waals surface area contributed by atoms with E-state index in [9.17, 15) is 4.21 Å². The number of anilines is 1. The van der Waals surface area contributed by atoms with Crippen molar-refractivity contribution in [2.24, 2.45) is 4.36 Å². The van der Waals surface area contributed by atoms with Gasteiger partial charge < -0.3 is 9.64 Å². The second kappa shape index (κ2) is 7.57. The second-order valence-electron chi connectivity index (χ2n) is 7.50. The largest absolute Gasteiger partial charge is 0.377 e. The minimum atomic E-state index is -2.31. The maximum Gasteiger partial charge on any atom is 0.167 e. The highest BCUT2D eigenvalue weighted by atomic mass is 35.5. The molecule has 0 aromatic carbocycles. The van der Waals surface area contributed by atoms with Crippen LogP contribution in [0.3, 0.4) is 0 Å². The van der Waals surface area contributed by atoms with Crippen LogP contribution in [0.1, 0.15) is 25.5 Å². The number of hydrogen-bond acceptors (Lipinski definition) is 7. The third-order valence-electron chi connectivity index (χ3n) is 4.96. The van der Waals surface area contributed by atoms with Crippen LogP contribution in [0.4, 0.5) is 11.6 Å². The number of morpholine rings is 1. The fraction of sp³-hybridized carbons (Fsp3) is 0.526. The standard InChI is InChI=1S/C19H24ClN5O2S/c1-12-8-14(9-16(20)21-12)19-22-17(24-28(3,26)15-4-5-15)10-18(23-19)25-6-7-27-11-13(25)2/h8-10,13,15H,4-7,11H2,1-3H3/t13-,28-/m1/s1. The molecular weight excluding hydrogens is 398 g/mol. The highest BCUT2D eigenvalue weighted by molar-refractivity contribution is 7.93. The van der Waals surface area contributed by atoms with Gasteiger partial charge in [0.25, 0.3) is 0 Å². The first-order chi connectivity index (χ1) is 13.3. The lowest BCUT2D eigenvalue weighted by Gasteiger charge is -2.34. The lowest BCUT2D eigenvalue weighted by Crippen LogP contribution is -2.44. The summed E-state index contributed by atoms with van der Waals surface area (Å²) >= 11 is 6.14. The van der Waals surface area contributed by atoms with Crippen LogP contribution < -0.4 is 4.90 Å². The van der Waals surface area contributed by atoms with E-state index in [1.807, 2.05) is 19.1 Å². The minimum Gasteiger partial charge on any atom is -0.377 e. The summed E-state index contributed by atoms with van der Waals surface area (Å²) in [5.74, 6) is 1.72. The molecule has 1 aliphatic carbocycles. The Morgan fingerprint density at radius 2 is 2.04 bits per heavy atom. The normalized spacial score (nSPS) is 22.0. The van der Waals surface area contributed by atoms with Crippen molar-refractivity contribution in [1.82, 2.24) is 15.0 Å². The van der Waals surface area contributed by atoms with E-state index in [4.69, 9.17) is 21.3 Å². The molecule has 150 valence electrons. The van der Waals surface area contributed by atoms with Gasteiger partial charge in [0.2, 0.25) is 0 Å². The summed E-state index contributed by atoms with van der Waals surface area (Å²) in [6.07, 6.45) is 3.64. The van der Waals surface area contributed by atoms with Gasteiger partial charge in [0.05, 0.1) is 29.0 Å². The monoisotopic (exact) mass is 421 g/mol. The summed E-state index contributed by atoms with van der Waals surface area (Å²) in [4.78, 5) is 15.8. The van der Waals surface area contributed by atoms with Crippen molar-refractivity contribution in [2.45, 2.75) is 38.0 Å². The van der Waals surface area contributed by atoms with Crippen molar-refractivity contribution in [2.75, 3.05) is 30.9 Å². The SMILES string of the molecule is Cc1cc(-c2nc(N=[S@](C)(=O)C3CC3)cc(N3CCOC[C@H]3C)n2)cc(Cl)n1. The van der Waals surface area contributed by atoms with Crippen molar-refractivity contribution >= 4 is 33.0 Å². The van der Waals surface area contributed by atoms with Gasteiger partial charge in [-0.05, 0) is 38.8 Å². The van der Waals surface area contributed by atoms with Crippen LogP contribution in [0.25, 0.3) is 11.4 Å². The number of rotatable bonds is 4. The molecule has 0 bridgehead atoms. The van der Waals surface area contributed by atoms with Crippen LogP contribution in [0.2, 0.25) is 5.15 Å². The van der Waals surface area contributed by atoms with Crippen LogP contribution in [0.15, 0.2) is 22.6 Å². The molecule has 2 aliphatic rings. The van der Waals surface area contributed by atoms with Gasteiger partial charge in [0.15, 0.2) is 11.6 Å². The van der Waals surface area contributed by atoms with Crippen LogP contribution in [0.5, 0.6) is 0 Å². The van der Waals surface area contributed by atoms with Crippen LogP contribution in [-0.4, -0.2) is 56.5 Å². The lowest BCUT2D eigenvalue weighted by atomic mass is 10.2. The van der Waals surface area contributed by atoms with E-state index in [1.165, 1.54) is 0 Å². The number of pyridine rings is 1. The molecule has 0 N–H and O–H groups in total. The Morgan fingerprint density at radius 1 is 1.25 bits per heavy atom. The molecule has 0 spiro atoms. The summed E-state index contributed by atoms with van der Waals surface area (Å²) in [5, 5.41) is 0.550. The van der Waals surface area contributed by atoms with Crippen molar-refractivity contribution in [3.8, 4) is 11.4 Å². The van der Waals surface area contributed by atoms with E-state index >= 15 is 0 Å². The van der Waals surface area contributed by atoms with Crippen molar-refractivity contribution in [3.63, 3.8) is 0 Å². The summed E-state index contributed by atoms with van der Waals surface area (Å²) in [6.45, 7) is 5.98. The van der Waals surface area contributed by atoms with Gasteiger partial charge in [0.1, 0.15) is 11.0 Å². The first-order valence-corrected chi connectivity index (χ1v) is 11.8. The molecule has 2 atom stereocenters. The van der Waals surface area contributed by atoms with Gasteiger partial charge in [-0.3, -0.25) is 0 Å². The first kappa shape index (κ1) is 19.5. The molecule has 4 rings (SSSR count). The fourth-order valence-electron chi connectivity index (χ4n) is 3.34. The number of ether oxygens (including phenoxy) is 1. The van der Waals surface area contributed by atoms with Crippen LogP contribution >= 0.6 is 11.6 Å². The average molecular weight is 422 g/mol. The smallest absolute Gasteiger partial charge is 0.167 e. The van der Waals surface area contributed by atoms with E-state index in [2.05, 4.69) is 26.2 Å². The third-order valence-corrected chi connectivity index (χ3v) is 7.41. The third kappa shape index (κ3) is 4.29. The van der Waals surface area contributed by atoms with Crippen molar-refractivity contribution in [3.05, 3.63) is 29.0 Å². The number of hydrogen-bond donors (Lipinski definition) is 0. The highest BCUT2D eigenvalue weighted by Gasteiger charge is 2.31. The van der Waals surface area contributed by atoms with Gasteiger partial charge in [-0.25, -0.2) is 19.2 Å². The first-order valence-electron chi connectivity index (χ1n) is 9.41. The van der Waals surface area contributed by atoms with Gasteiger partial charge in [-0.1, -0.05) is 11.6 Å². The molecule has 2 fully saturated rings. The maximum atomic E-state index is 12.9. The Hall–Kier alpha value is -1.77. The Bertz CT molecular complexity index is 997. The Morgan fingerprint density at radius 3 is 2.71 bits per heavy atom. The van der Waals surface area contributed by atoms with E-state index in [0.29, 0.717) is 30.0 Å². The molecule has 2 aromatic heterocycles. The van der Waals surface area contributed by atoms with E-state index < -0.39 is 9.73 Å². The van der Waals surface area contributed by atoms with E-state index in [-0.39, 0.29) is 11.3 Å². The summed E-state index contributed by atoms with van der Waals surface area (Å²) in [6, 6.07) is 5.64. The molecule has 2 aromatic rings. The minimum absolute atomic E-state index is 0.161. The summed E-state index contributed by atoms with van der Waals surface area (Å²) in [7, 11) is -2.31. The lowest BCUT2D eigenvalue weighted by molar-refractivity contribution is 0.0985. The number of aryl methyl sites for hydroxylation is 1. The number of nitrogens with zero attached hydrogens (tertiary/aromatic N) is 5. The van der Waals surface area contributed by atoms with Gasteiger partial charge in [-0.15, -0.1) is 0 Å². The van der Waals surface area contributed by atoms with Gasteiger partial charge in [-0.2, -0.15) is 4.36 Å². The quantitative estimate of drug-likeness (QED) is 0.701. The zero-order valence-corrected chi connectivity index (χ0v) is 17.8. The molecule has 1 aliphatic heterocycles. The fourth-order valence-corrected chi connectivity index (χ4v) is 5.21. The predicted octanol–water partition coefficient (Wildman–Crippen LogP) is 3.62. The topological polar surface area (TPSA) is 80.6 Å². The molecule has 1 saturated heterocycles. The molecule has 3 heterocycles. The number of aromatic nitrogens is 3. The zero-order valence-electron chi connectivity index (χ0n) is 16.3. The van der Waals surface area contributed by atoms with E-state index in [1.54, 1.807) is 12.3 Å². The molecule has 9 heteroatoms. The van der Waals surface area contributed by atoms with Gasteiger partial charge in [0, 0.05) is 35.4 Å². The summed E-state index contributed by atoms with van der Waals surface area (Å²) < 4.78 is 23.0. The predicted molar refractivity (Wildman–Crippen MR) is 112 cm³/mol. The molecule has 0 unspecified atom stereocenters. The van der Waals surface area contributed by atoms with Crippen molar-refractivity contribution in [1.29, 1.82) is 0 Å². The Balaban J connectivity index is 1.84. The Labute approximate surface area is 170 Å². The maximum absolute atomic E-state index is 12.9. The van der Waals surface area contributed by atoms with Crippen LogP contribution in [-0.2, 0) is 14.5 Å². The van der Waals surface area contributed by atoms with Gasteiger partial charge >= 0.3 is 0 Å². The molecule has 1 saturated carbocycles. The molecule has 7 nitrogen and oxygen atoms in total. The molecule has 0 amide bonds. The summed E-state index contributed by atoms with van der Waals surface area (Å²) in [5.41, 5.74) is 1.55. The van der Waals surface area contributed by atoms with Crippen LogP contribution in [0, 0.1) is 6.92 Å². The molecule has 0 radical (unpaired) electrons. The second-order valence-corrected chi connectivity index (χ2v) is 10.5. The molecular formula is C19H24ClN5O2S. The number of halogens is 1. The van der Waals surface area contributed by atoms with E-state index in [0.717, 1.165) is 36.5 Å². The zero-order chi connectivity index (χ0) is 19.9.